The molecule has 1 rings (SSSR count). The Morgan fingerprint density at radius 1 is 1.77 bits per heavy atom. The molecular formula is C9H14N2O2. The first-order valence-corrected chi connectivity index (χ1v) is 4.25. The monoisotopic (exact) mass is 182 g/mol. The van der Waals surface area contributed by atoms with Crippen LogP contribution in [0.5, 0.6) is 0 Å². The van der Waals surface area contributed by atoms with E-state index in [4.69, 9.17) is 0 Å². The topological polar surface area (TPSA) is 44.1 Å². The van der Waals surface area contributed by atoms with Gasteiger partial charge in [-0.05, 0) is 6.42 Å². The van der Waals surface area contributed by atoms with E-state index < -0.39 is 0 Å². The number of imidazole rings is 1. The van der Waals surface area contributed by atoms with Crippen molar-refractivity contribution in [3.05, 3.63) is 18.2 Å². The average Bonchev–Trinajstić information content (AvgIpc) is 2.53. The molecule has 0 spiro atoms. The number of carbonyl (C=O) groups is 1. The molecule has 0 N–H and O–H groups in total. The third-order valence-electron chi connectivity index (χ3n) is 2.06. The zero-order valence-electron chi connectivity index (χ0n) is 8.15. The lowest BCUT2D eigenvalue weighted by Gasteiger charge is -2.11. The summed E-state index contributed by atoms with van der Waals surface area (Å²) in [6.45, 7) is 1.94. The van der Waals surface area contributed by atoms with Gasteiger partial charge in [0.2, 0.25) is 0 Å². The van der Waals surface area contributed by atoms with Crippen LogP contribution in [0.3, 0.4) is 0 Å². The third-order valence-corrected chi connectivity index (χ3v) is 2.06. The first kappa shape index (κ1) is 9.77. The molecule has 0 bridgehead atoms. The molecule has 0 aliphatic rings. The first-order valence-electron chi connectivity index (χ1n) is 4.25. The normalized spacial score (nSPS) is 12.5. The highest BCUT2D eigenvalue weighted by Crippen LogP contribution is 2.18. The summed E-state index contributed by atoms with van der Waals surface area (Å²) in [7, 11) is 3.27. The van der Waals surface area contributed by atoms with Gasteiger partial charge in [0.05, 0.1) is 7.11 Å². The van der Waals surface area contributed by atoms with Gasteiger partial charge in [-0.15, -0.1) is 0 Å². The number of aryl methyl sites for hydroxylation is 1. The standard InChI is InChI=1S/C9H14N2O2/c1-4-7(9(12)13-3)8-10-5-6-11(8)2/h5-7H,4H2,1-3H3. The highest BCUT2D eigenvalue weighted by molar-refractivity contribution is 5.76. The largest absolute Gasteiger partial charge is 0.468 e. The van der Waals surface area contributed by atoms with E-state index in [1.54, 1.807) is 6.20 Å². The minimum absolute atomic E-state index is 0.225. The van der Waals surface area contributed by atoms with Crippen LogP contribution in [0.2, 0.25) is 0 Å². The summed E-state index contributed by atoms with van der Waals surface area (Å²) >= 11 is 0. The van der Waals surface area contributed by atoms with E-state index in [2.05, 4.69) is 9.72 Å². The van der Waals surface area contributed by atoms with Gasteiger partial charge in [0.1, 0.15) is 11.7 Å². The second-order valence-corrected chi connectivity index (χ2v) is 2.88. The number of nitrogens with zero attached hydrogens (tertiary/aromatic N) is 2. The molecule has 0 aliphatic heterocycles. The van der Waals surface area contributed by atoms with Crippen molar-refractivity contribution in [3.63, 3.8) is 0 Å². The Labute approximate surface area is 77.5 Å². The van der Waals surface area contributed by atoms with E-state index in [0.717, 1.165) is 5.82 Å². The zero-order valence-corrected chi connectivity index (χ0v) is 8.15. The number of hydrogen-bond donors (Lipinski definition) is 0. The fourth-order valence-electron chi connectivity index (χ4n) is 1.31. The first-order chi connectivity index (χ1) is 6.20. The van der Waals surface area contributed by atoms with E-state index in [1.165, 1.54) is 7.11 Å². The Bertz CT molecular complexity index is 294. The van der Waals surface area contributed by atoms with Crippen LogP contribution in [0.25, 0.3) is 0 Å². The molecule has 1 aromatic heterocycles. The molecule has 0 saturated carbocycles. The van der Waals surface area contributed by atoms with Gasteiger partial charge >= 0.3 is 5.97 Å². The number of esters is 1. The molecule has 0 fully saturated rings. The number of aromatic nitrogens is 2. The van der Waals surface area contributed by atoms with Crippen molar-refractivity contribution in [3.8, 4) is 0 Å². The van der Waals surface area contributed by atoms with E-state index >= 15 is 0 Å². The lowest BCUT2D eigenvalue weighted by molar-refractivity contribution is -0.142. The van der Waals surface area contributed by atoms with Crippen LogP contribution in [-0.2, 0) is 16.6 Å². The molecular weight excluding hydrogens is 168 g/mol. The van der Waals surface area contributed by atoms with Crippen LogP contribution in [0.1, 0.15) is 25.1 Å². The number of ether oxygens (including phenoxy) is 1. The van der Waals surface area contributed by atoms with Crippen LogP contribution in [0.15, 0.2) is 12.4 Å². The third kappa shape index (κ3) is 1.88. The van der Waals surface area contributed by atoms with E-state index in [9.17, 15) is 4.79 Å². The van der Waals surface area contributed by atoms with Crippen molar-refractivity contribution in [1.29, 1.82) is 0 Å². The van der Waals surface area contributed by atoms with Crippen LogP contribution in [0.4, 0.5) is 0 Å². The molecule has 4 nitrogen and oxygen atoms in total. The van der Waals surface area contributed by atoms with Gasteiger partial charge in [0.15, 0.2) is 0 Å². The molecule has 0 aromatic carbocycles. The fraction of sp³-hybridized carbons (Fsp3) is 0.556. The Balaban J connectivity index is 2.90. The predicted molar refractivity (Wildman–Crippen MR) is 48.3 cm³/mol. The molecule has 1 aromatic rings. The van der Waals surface area contributed by atoms with E-state index in [0.29, 0.717) is 6.42 Å². The van der Waals surface area contributed by atoms with Gasteiger partial charge < -0.3 is 9.30 Å². The minimum Gasteiger partial charge on any atom is -0.468 e. The number of methoxy groups -OCH3 is 1. The summed E-state index contributed by atoms with van der Waals surface area (Å²) in [6, 6.07) is 0. The fourth-order valence-corrected chi connectivity index (χ4v) is 1.31. The van der Waals surface area contributed by atoms with Gasteiger partial charge in [-0.1, -0.05) is 6.92 Å². The number of hydrogen-bond acceptors (Lipinski definition) is 3. The van der Waals surface area contributed by atoms with Crippen LogP contribution < -0.4 is 0 Å². The van der Waals surface area contributed by atoms with Crippen LogP contribution in [-0.4, -0.2) is 22.6 Å². The minimum atomic E-state index is -0.245. The zero-order chi connectivity index (χ0) is 9.84. The average molecular weight is 182 g/mol. The van der Waals surface area contributed by atoms with Crippen molar-refractivity contribution in [1.82, 2.24) is 9.55 Å². The van der Waals surface area contributed by atoms with Crippen LogP contribution >= 0.6 is 0 Å². The lowest BCUT2D eigenvalue weighted by Crippen LogP contribution is -2.17. The Morgan fingerprint density at radius 3 is 2.85 bits per heavy atom. The van der Waals surface area contributed by atoms with E-state index in [1.807, 2.05) is 24.7 Å². The van der Waals surface area contributed by atoms with Gasteiger partial charge in [-0.3, -0.25) is 4.79 Å². The van der Waals surface area contributed by atoms with Crippen molar-refractivity contribution in [2.75, 3.05) is 7.11 Å². The quantitative estimate of drug-likeness (QED) is 0.657. The molecule has 1 unspecified atom stereocenters. The van der Waals surface area contributed by atoms with Crippen molar-refractivity contribution < 1.29 is 9.53 Å². The predicted octanol–water partition coefficient (Wildman–Crippen LogP) is 1.09. The summed E-state index contributed by atoms with van der Waals surface area (Å²) in [5, 5.41) is 0. The molecule has 1 heterocycles. The Morgan fingerprint density at radius 2 is 2.46 bits per heavy atom. The lowest BCUT2D eigenvalue weighted by atomic mass is 10.1. The van der Waals surface area contributed by atoms with E-state index in [-0.39, 0.29) is 11.9 Å². The summed E-state index contributed by atoms with van der Waals surface area (Å²) in [4.78, 5) is 15.4. The molecule has 0 radical (unpaired) electrons. The van der Waals surface area contributed by atoms with Gasteiger partial charge in [0, 0.05) is 19.4 Å². The summed E-state index contributed by atoms with van der Waals surface area (Å²) in [5.41, 5.74) is 0. The Kier molecular flexibility index (Phi) is 3.06. The van der Waals surface area contributed by atoms with Gasteiger partial charge in [-0.25, -0.2) is 4.98 Å². The van der Waals surface area contributed by atoms with Gasteiger partial charge in [-0.2, -0.15) is 0 Å². The highest BCUT2D eigenvalue weighted by Gasteiger charge is 2.22. The number of rotatable bonds is 3. The second kappa shape index (κ2) is 4.07. The second-order valence-electron chi connectivity index (χ2n) is 2.88. The molecule has 0 amide bonds. The SMILES string of the molecule is CCC(C(=O)OC)c1nccn1C. The highest BCUT2D eigenvalue weighted by atomic mass is 16.5. The molecule has 13 heavy (non-hydrogen) atoms. The Hall–Kier alpha value is -1.32. The number of carbonyl (C=O) groups excluding carboxylic acids is 1. The van der Waals surface area contributed by atoms with Crippen molar-refractivity contribution >= 4 is 5.97 Å². The summed E-state index contributed by atoms with van der Waals surface area (Å²) in [5.74, 6) is 0.288. The van der Waals surface area contributed by atoms with Gasteiger partial charge in [0.25, 0.3) is 0 Å². The van der Waals surface area contributed by atoms with Crippen molar-refractivity contribution in [2.45, 2.75) is 19.3 Å². The molecule has 72 valence electrons. The molecule has 4 heteroatoms. The van der Waals surface area contributed by atoms with Crippen molar-refractivity contribution in [2.24, 2.45) is 7.05 Å². The summed E-state index contributed by atoms with van der Waals surface area (Å²) in [6.07, 6.45) is 4.21. The molecule has 0 saturated heterocycles. The summed E-state index contributed by atoms with van der Waals surface area (Å²) < 4.78 is 6.53. The smallest absolute Gasteiger partial charge is 0.316 e. The maximum absolute atomic E-state index is 11.3. The molecule has 1 atom stereocenters. The van der Waals surface area contributed by atoms with Crippen LogP contribution in [0, 0.1) is 0 Å². The molecule has 0 aliphatic carbocycles. The maximum atomic E-state index is 11.3. The maximum Gasteiger partial charge on any atom is 0.316 e.